The van der Waals surface area contributed by atoms with Crippen LogP contribution >= 0.6 is 11.8 Å². The minimum absolute atomic E-state index is 0.0146. The normalized spacial score (nSPS) is 14.2. The maximum absolute atomic E-state index is 12.3. The zero-order valence-corrected chi connectivity index (χ0v) is 16.6. The van der Waals surface area contributed by atoms with Crippen molar-refractivity contribution in [3.63, 3.8) is 0 Å². The Balaban J connectivity index is 1.51. The summed E-state index contributed by atoms with van der Waals surface area (Å²) in [5.41, 5.74) is 1.55. The van der Waals surface area contributed by atoms with Gasteiger partial charge in [0.1, 0.15) is 5.75 Å². The summed E-state index contributed by atoms with van der Waals surface area (Å²) < 4.78 is 10.8. The minimum atomic E-state index is -0.0788. The van der Waals surface area contributed by atoms with Gasteiger partial charge in [-0.05, 0) is 54.3 Å². The molecule has 146 valence electrons. The molecule has 1 fully saturated rings. The molecule has 5 nitrogen and oxygen atoms in total. The molecule has 0 unspecified atom stereocenters. The molecule has 1 aliphatic rings. The zero-order chi connectivity index (χ0) is 19.8. The Morgan fingerprint density at radius 3 is 2.39 bits per heavy atom. The molecule has 1 saturated heterocycles. The lowest BCUT2D eigenvalue weighted by Crippen LogP contribution is -2.42. The molecule has 0 N–H and O–H groups in total. The van der Waals surface area contributed by atoms with Gasteiger partial charge >= 0.3 is 0 Å². The van der Waals surface area contributed by atoms with Crippen LogP contribution in [0.4, 0.5) is 0 Å². The van der Waals surface area contributed by atoms with Crippen LogP contribution in [-0.4, -0.2) is 55.8 Å². The summed E-state index contributed by atoms with van der Waals surface area (Å²) in [5.74, 6) is 0.429. The second-order valence-electron chi connectivity index (χ2n) is 6.28. The average Bonchev–Trinajstić information content (AvgIpc) is 2.77. The van der Waals surface area contributed by atoms with Gasteiger partial charge in [0.25, 0.3) is 5.91 Å². The summed E-state index contributed by atoms with van der Waals surface area (Å²) in [6, 6.07) is 14.9. The first-order valence-corrected chi connectivity index (χ1v) is 10.3. The van der Waals surface area contributed by atoms with E-state index < -0.39 is 0 Å². The Morgan fingerprint density at radius 1 is 1.07 bits per heavy atom. The first kappa shape index (κ1) is 20.2. The van der Waals surface area contributed by atoms with Crippen LogP contribution in [0.15, 0.2) is 59.5 Å². The van der Waals surface area contributed by atoms with Gasteiger partial charge in [0, 0.05) is 23.5 Å². The molecule has 2 aromatic carbocycles. The molecule has 2 aromatic rings. The molecule has 0 saturated carbocycles. The molecule has 3 rings (SSSR count). The number of carbonyl (C=O) groups excluding carboxylic acids is 2. The Hall–Kier alpha value is -2.57. The van der Waals surface area contributed by atoms with Crippen LogP contribution < -0.4 is 4.74 Å². The van der Waals surface area contributed by atoms with Crippen LogP contribution in [0.1, 0.15) is 15.9 Å². The fourth-order valence-corrected chi connectivity index (χ4v) is 3.16. The van der Waals surface area contributed by atoms with Gasteiger partial charge in [0.15, 0.2) is 12.4 Å². The predicted molar refractivity (Wildman–Crippen MR) is 111 cm³/mol. The van der Waals surface area contributed by atoms with E-state index in [9.17, 15) is 9.59 Å². The van der Waals surface area contributed by atoms with E-state index in [-0.39, 0.29) is 18.3 Å². The van der Waals surface area contributed by atoms with Crippen molar-refractivity contribution in [2.75, 3.05) is 39.2 Å². The topological polar surface area (TPSA) is 55.8 Å². The number of nitrogens with zero attached hydrogens (tertiary/aromatic N) is 1. The Morgan fingerprint density at radius 2 is 1.75 bits per heavy atom. The molecule has 28 heavy (non-hydrogen) atoms. The van der Waals surface area contributed by atoms with E-state index in [4.69, 9.17) is 9.47 Å². The number of amides is 1. The fourth-order valence-electron chi connectivity index (χ4n) is 2.75. The van der Waals surface area contributed by atoms with Crippen LogP contribution in [0.3, 0.4) is 0 Å². The lowest BCUT2D eigenvalue weighted by Gasteiger charge is -2.26. The highest BCUT2D eigenvalue weighted by Crippen LogP contribution is 2.17. The molecular weight excluding hydrogens is 374 g/mol. The molecule has 0 aliphatic carbocycles. The molecule has 1 amide bonds. The van der Waals surface area contributed by atoms with E-state index in [2.05, 4.69) is 0 Å². The Labute approximate surface area is 169 Å². The summed E-state index contributed by atoms with van der Waals surface area (Å²) in [7, 11) is 0. The van der Waals surface area contributed by atoms with Crippen molar-refractivity contribution in [2.24, 2.45) is 0 Å². The second-order valence-corrected chi connectivity index (χ2v) is 7.16. The standard InChI is InChI=1S/C22H23NO4S/c1-28-20-9-2-17(3-10-20)4-11-21(24)18-5-7-19(8-6-18)27-16-22(25)23-12-14-26-15-13-23/h2-11H,12-16H2,1H3/b11-4+. The highest BCUT2D eigenvalue weighted by atomic mass is 32.2. The number of hydrogen-bond acceptors (Lipinski definition) is 5. The van der Waals surface area contributed by atoms with E-state index in [0.29, 0.717) is 37.6 Å². The summed E-state index contributed by atoms with van der Waals surface area (Å²) >= 11 is 1.68. The third-order valence-corrected chi connectivity index (χ3v) is 5.15. The summed E-state index contributed by atoms with van der Waals surface area (Å²) in [5, 5.41) is 0. The number of benzene rings is 2. The van der Waals surface area contributed by atoms with Crippen molar-refractivity contribution in [1.29, 1.82) is 0 Å². The Kier molecular flexibility index (Phi) is 7.28. The predicted octanol–water partition coefficient (Wildman–Crippen LogP) is 3.54. The van der Waals surface area contributed by atoms with Crippen molar-refractivity contribution >= 4 is 29.5 Å². The number of ether oxygens (including phenoxy) is 2. The van der Waals surface area contributed by atoms with E-state index in [1.807, 2.05) is 30.5 Å². The monoisotopic (exact) mass is 397 g/mol. The smallest absolute Gasteiger partial charge is 0.260 e. The number of hydrogen-bond donors (Lipinski definition) is 0. The SMILES string of the molecule is CSc1ccc(/C=C/C(=O)c2ccc(OCC(=O)N3CCOCC3)cc2)cc1. The average molecular weight is 397 g/mol. The van der Waals surface area contributed by atoms with Crippen LogP contribution in [0.5, 0.6) is 5.75 Å². The largest absolute Gasteiger partial charge is 0.484 e. The first-order chi connectivity index (χ1) is 13.7. The molecule has 6 heteroatoms. The quantitative estimate of drug-likeness (QED) is 0.406. The summed E-state index contributed by atoms with van der Waals surface area (Å²) in [4.78, 5) is 27.3. The first-order valence-electron chi connectivity index (χ1n) is 9.10. The molecule has 0 bridgehead atoms. The van der Waals surface area contributed by atoms with Gasteiger partial charge in [-0.25, -0.2) is 0 Å². The van der Waals surface area contributed by atoms with Gasteiger partial charge in [0.05, 0.1) is 13.2 Å². The maximum atomic E-state index is 12.3. The minimum Gasteiger partial charge on any atom is -0.484 e. The lowest BCUT2D eigenvalue weighted by molar-refractivity contribution is -0.137. The number of rotatable bonds is 7. The second kappa shape index (κ2) is 10.1. The van der Waals surface area contributed by atoms with E-state index in [0.717, 1.165) is 5.56 Å². The summed E-state index contributed by atoms with van der Waals surface area (Å²) in [6.07, 6.45) is 5.39. The van der Waals surface area contributed by atoms with Crippen molar-refractivity contribution < 1.29 is 19.1 Å². The molecule has 0 radical (unpaired) electrons. The molecule has 0 spiro atoms. The summed E-state index contributed by atoms with van der Waals surface area (Å²) in [6.45, 7) is 2.32. The Bertz CT molecular complexity index is 825. The maximum Gasteiger partial charge on any atom is 0.260 e. The number of carbonyl (C=O) groups is 2. The molecular formula is C22H23NO4S. The van der Waals surface area contributed by atoms with Gasteiger partial charge < -0.3 is 14.4 Å². The highest BCUT2D eigenvalue weighted by Gasteiger charge is 2.17. The number of thioether (sulfide) groups is 1. The van der Waals surface area contributed by atoms with Crippen molar-refractivity contribution in [1.82, 2.24) is 4.90 Å². The lowest BCUT2D eigenvalue weighted by atomic mass is 10.1. The van der Waals surface area contributed by atoms with Gasteiger partial charge in [-0.2, -0.15) is 0 Å². The molecule has 1 heterocycles. The van der Waals surface area contributed by atoms with Gasteiger partial charge in [-0.3, -0.25) is 9.59 Å². The third-order valence-electron chi connectivity index (χ3n) is 4.41. The van der Waals surface area contributed by atoms with E-state index >= 15 is 0 Å². The van der Waals surface area contributed by atoms with E-state index in [1.165, 1.54) is 4.90 Å². The number of ketones is 1. The van der Waals surface area contributed by atoms with Gasteiger partial charge in [0.2, 0.25) is 0 Å². The molecule has 0 atom stereocenters. The van der Waals surface area contributed by atoms with Crippen LogP contribution in [0.2, 0.25) is 0 Å². The van der Waals surface area contributed by atoms with Crippen molar-refractivity contribution in [2.45, 2.75) is 4.90 Å². The highest BCUT2D eigenvalue weighted by molar-refractivity contribution is 7.98. The van der Waals surface area contributed by atoms with E-state index in [1.54, 1.807) is 53.1 Å². The van der Waals surface area contributed by atoms with Gasteiger partial charge in [-0.1, -0.05) is 18.2 Å². The van der Waals surface area contributed by atoms with Crippen LogP contribution in [-0.2, 0) is 9.53 Å². The molecule has 1 aliphatic heterocycles. The number of allylic oxidation sites excluding steroid dienone is 1. The zero-order valence-electron chi connectivity index (χ0n) is 15.8. The number of morpholine rings is 1. The van der Waals surface area contributed by atoms with Crippen LogP contribution in [0, 0.1) is 0 Å². The van der Waals surface area contributed by atoms with Crippen LogP contribution in [0.25, 0.3) is 6.08 Å². The van der Waals surface area contributed by atoms with Crippen molar-refractivity contribution in [3.8, 4) is 5.75 Å². The molecule has 0 aromatic heterocycles. The van der Waals surface area contributed by atoms with Gasteiger partial charge in [-0.15, -0.1) is 11.8 Å². The third kappa shape index (κ3) is 5.71. The fraction of sp³-hybridized carbons (Fsp3) is 0.273. The van der Waals surface area contributed by atoms with Crippen molar-refractivity contribution in [3.05, 3.63) is 65.7 Å².